The zero-order valence-corrected chi connectivity index (χ0v) is 71.5. The lowest BCUT2D eigenvalue weighted by Gasteiger charge is -2.12. The molecule has 12 heteroatoms. The van der Waals surface area contributed by atoms with Gasteiger partial charge in [-0.25, -0.2) is 44.9 Å². The highest BCUT2D eigenvalue weighted by atomic mass is 32.1. The van der Waals surface area contributed by atoms with Crippen molar-refractivity contribution >= 4 is 191 Å². The first-order valence-electron chi connectivity index (χ1n) is 43.1. The summed E-state index contributed by atoms with van der Waals surface area (Å²) in [5, 5.41) is 29.2. The van der Waals surface area contributed by atoms with Crippen molar-refractivity contribution in [2.24, 2.45) is 0 Å². The van der Waals surface area contributed by atoms with Gasteiger partial charge in [-0.15, -0.1) is 34.0 Å². The van der Waals surface area contributed by atoms with E-state index < -0.39 is 0 Å². The molecular formula is C117H69N9S3. The molecule has 21 aromatic carbocycles. The summed E-state index contributed by atoms with van der Waals surface area (Å²) >= 11 is 5.52. The number of rotatable bonds is 9. The van der Waals surface area contributed by atoms with E-state index in [2.05, 4.69) is 364 Å². The molecule has 0 N–H and O–H groups in total. The molecule has 6 heterocycles. The number of thiophene rings is 3. The summed E-state index contributed by atoms with van der Waals surface area (Å²) in [6, 6.07) is 148. The van der Waals surface area contributed by atoms with E-state index >= 15 is 0 Å². The second-order valence-electron chi connectivity index (χ2n) is 32.6. The van der Waals surface area contributed by atoms with Crippen LogP contribution in [-0.4, -0.2) is 44.9 Å². The molecule has 9 nitrogen and oxygen atoms in total. The van der Waals surface area contributed by atoms with Gasteiger partial charge in [0.15, 0.2) is 52.4 Å². The Hall–Kier alpha value is -16.4. The minimum absolute atomic E-state index is 0.664. The third-order valence-electron chi connectivity index (χ3n) is 24.8. The van der Waals surface area contributed by atoms with Crippen molar-refractivity contribution in [1.82, 2.24) is 44.9 Å². The maximum Gasteiger partial charge on any atom is 0.164 e. The maximum absolute atomic E-state index is 5.15. The van der Waals surface area contributed by atoms with Crippen molar-refractivity contribution in [1.29, 1.82) is 0 Å². The summed E-state index contributed by atoms with van der Waals surface area (Å²) in [5.74, 6) is 6.01. The number of aromatic nitrogens is 9. The molecular weight excluding hydrogens is 1630 g/mol. The molecule has 27 rings (SSSR count). The van der Waals surface area contributed by atoms with Crippen molar-refractivity contribution in [2.75, 3.05) is 0 Å². The Morgan fingerprint density at radius 1 is 0.116 bits per heavy atom. The average Bonchev–Trinajstić information content (AvgIpc) is 1.70. The van der Waals surface area contributed by atoms with Gasteiger partial charge in [0.25, 0.3) is 0 Å². The number of hydrogen-bond donors (Lipinski definition) is 0. The Balaban J connectivity index is 0.000000105. The fourth-order valence-corrected chi connectivity index (χ4v) is 22.0. The molecule has 0 atom stereocenters. The number of hydrogen-bond acceptors (Lipinski definition) is 12. The lowest BCUT2D eigenvalue weighted by molar-refractivity contribution is 1.08. The molecule has 6 aromatic heterocycles. The van der Waals surface area contributed by atoms with E-state index in [1.807, 2.05) is 88.6 Å². The van der Waals surface area contributed by atoms with Crippen LogP contribution >= 0.6 is 34.0 Å². The molecule has 27 aromatic rings. The Labute approximate surface area is 751 Å². The zero-order chi connectivity index (χ0) is 85.0. The van der Waals surface area contributed by atoms with Crippen molar-refractivity contribution in [2.45, 2.75) is 0 Å². The molecule has 129 heavy (non-hydrogen) atoms. The predicted octanol–water partition coefficient (Wildman–Crippen LogP) is 32.1. The van der Waals surface area contributed by atoms with Crippen molar-refractivity contribution in [3.63, 3.8) is 0 Å². The van der Waals surface area contributed by atoms with Crippen LogP contribution in [0.3, 0.4) is 0 Å². The molecule has 0 saturated heterocycles. The maximum atomic E-state index is 5.15. The van der Waals surface area contributed by atoms with Crippen LogP contribution in [0.2, 0.25) is 0 Å². The monoisotopic (exact) mass is 1700 g/mol. The minimum atomic E-state index is 0.664. The molecule has 0 bridgehead atoms. The van der Waals surface area contributed by atoms with Gasteiger partial charge in [-0.1, -0.05) is 340 Å². The van der Waals surface area contributed by atoms with E-state index in [1.165, 1.54) is 131 Å². The lowest BCUT2D eigenvalue weighted by atomic mass is 9.97. The first-order chi connectivity index (χ1) is 63.8. The van der Waals surface area contributed by atoms with E-state index in [-0.39, 0.29) is 0 Å². The van der Waals surface area contributed by atoms with Gasteiger partial charge in [-0.3, -0.25) is 0 Å². The highest BCUT2D eigenvalue weighted by Crippen LogP contribution is 2.45. The lowest BCUT2D eigenvalue weighted by Crippen LogP contribution is -2.00. The normalized spacial score (nSPS) is 11.7. The second kappa shape index (κ2) is 31.4. The van der Waals surface area contributed by atoms with E-state index in [4.69, 9.17) is 44.9 Å². The molecule has 0 unspecified atom stereocenters. The molecule has 0 saturated carbocycles. The summed E-state index contributed by atoms with van der Waals surface area (Å²) in [4.78, 5) is 45.6. The summed E-state index contributed by atoms with van der Waals surface area (Å²) in [5.41, 5.74) is 8.80. The summed E-state index contributed by atoms with van der Waals surface area (Å²) < 4.78 is 7.80. The van der Waals surface area contributed by atoms with Gasteiger partial charge in [0.05, 0.1) is 0 Å². The first-order valence-corrected chi connectivity index (χ1v) is 45.5. The topological polar surface area (TPSA) is 116 Å². The van der Waals surface area contributed by atoms with E-state index in [0.29, 0.717) is 52.4 Å². The number of nitrogens with zero attached hydrogens (tertiary/aromatic N) is 9. The third-order valence-corrected chi connectivity index (χ3v) is 28.2. The fourth-order valence-electron chi connectivity index (χ4n) is 18.6. The van der Waals surface area contributed by atoms with Gasteiger partial charge >= 0.3 is 0 Å². The molecule has 0 fully saturated rings. The first kappa shape index (κ1) is 75.2. The quantitative estimate of drug-likeness (QED) is 0.130. The Bertz CT molecular complexity index is 9230. The molecule has 0 amide bonds. The molecule has 0 spiro atoms. The van der Waals surface area contributed by atoms with Crippen LogP contribution in [0.15, 0.2) is 419 Å². The number of benzene rings is 21. The van der Waals surface area contributed by atoms with Crippen LogP contribution in [0.25, 0.3) is 260 Å². The Kier molecular flexibility index (Phi) is 18.3. The zero-order valence-electron chi connectivity index (χ0n) is 69.1. The van der Waals surface area contributed by atoms with E-state index in [0.717, 1.165) is 77.0 Å². The van der Waals surface area contributed by atoms with Crippen LogP contribution in [0, 0.1) is 0 Å². The van der Waals surface area contributed by atoms with Crippen LogP contribution in [0.5, 0.6) is 0 Å². The second-order valence-corrected chi connectivity index (χ2v) is 35.9. The molecule has 0 radical (unpaired) electrons. The Morgan fingerprint density at radius 2 is 0.395 bits per heavy atom. The highest BCUT2D eigenvalue weighted by Gasteiger charge is 2.23. The smallest absolute Gasteiger partial charge is 0.164 e. The Morgan fingerprint density at radius 3 is 0.922 bits per heavy atom. The molecule has 0 aliphatic rings. The van der Waals surface area contributed by atoms with E-state index in [1.54, 1.807) is 0 Å². The standard InChI is InChI=1S/3C39H23N3S/c1-2-10-24(11-3-1)37-40-38(27-19-18-25-23-36-33(22-28(25)20-27)32-16-8-9-17-35(32)43-36)42-39(41-37)34-21-26-12-4-5-13-29(26)30-14-6-7-15-31(30)34;1-2-10-25(11-3-1)37-40-38(28-19-20-30-27(21-28)18-17-24-9-4-5-13-29(24)30)42-39(41-37)32-15-8-12-26-22-36-34(23-33(26)32)31-14-6-7-16-35(31)43-36;1-2-10-25(11-3-1)37-40-38(27-18-17-26-22-34-32-13-6-7-16-35(32)43-36(34)23-28(26)21-27)42-39(41-37)33-15-8-14-30-29-12-5-4-9-24(29)19-20-31(30)33/h3*1-23H. The summed E-state index contributed by atoms with van der Waals surface area (Å²) in [6.07, 6.45) is 0. The summed E-state index contributed by atoms with van der Waals surface area (Å²) in [6.45, 7) is 0. The van der Waals surface area contributed by atoms with Gasteiger partial charge in [0.1, 0.15) is 0 Å². The van der Waals surface area contributed by atoms with Crippen LogP contribution in [-0.2, 0) is 0 Å². The molecule has 0 aliphatic carbocycles. The van der Waals surface area contributed by atoms with Crippen molar-refractivity contribution in [3.8, 4) is 102 Å². The van der Waals surface area contributed by atoms with Crippen LogP contribution in [0.4, 0.5) is 0 Å². The molecule has 600 valence electrons. The van der Waals surface area contributed by atoms with Crippen molar-refractivity contribution in [3.05, 3.63) is 419 Å². The average molecular weight is 1700 g/mol. The third kappa shape index (κ3) is 13.6. The minimum Gasteiger partial charge on any atom is -0.208 e. The highest BCUT2D eigenvalue weighted by molar-refractivity contribution is 7.26. The fraction of sp³-hybridized carbons (Fsp3) is 0. The number of fused-ring (bicyclic) bond motifs is 21. The summed E-state index contributed by atoms with van der Waals surface area (Å²) in [7, 11) is 0. The van der Waals surface area contributed by atoms with Gasteiger partial charge in [0.2, 0.25) is 0 Å². The van der Waals surface area contributed by atoms with Gasteiger partial charge < -0.3 is 0 Å². The van der Waals surface area contributed by atoms with E-state index in [9.17, 15) is 0 Å². The van der Waals surface area contributed by atoms with Crippen LogP contribution in [0.1, 0.15) is 0 Å². The van der Waals surface area contributed by atoms with Crippen LogP contribution < -0.4 is 0 Å². The predicted molar refractivity (Wildman–Crippen MR) is 545 cm³/mol. The SMILES string of the molecule is c1ccc(-c2nc(-c3ccc4c(ccc5ccccc54)c3)nc(-c3cccc4cc5sc6ccccc6c5cc34)n2)cc1.c1ccc(-c2nc(-c3ccc4cc5c(cc4c3)sc3ccccc35)nc(-c3cccc4c3ccc3ccccc34)n2)cc1.c1ccc(-c2nc(-c3ccc4cc5sc6ccccc6c5cc4c3)nc(-c3cc4ccccc4c4ccccc34)n2)cc1. The van der Waals surface area contributed by atoms with Gasteiger partial charge in [-0.05, 0) is 176 Å². The van der Waals surface area contributed by atoms with Gasteiger partial charge in [-0.2, -0.15) is 0 Å². The van der Waals surface area contributed by atoms with Crippen molar-refractivity contribution < 1.29 is 0 Å². The van der Waals surface area contributed by atoms with Gasteiger partial charge in [0, 0.05) is 111 Å². The molecule has 0 aliphatic heterocycles. The largest absolute Gasteiger partial charge is 0.208 e.